The number of hydrogen-bond acceptors (Lipinski definition) is 5. The third kappa shape index (κ3) is 3.08. The van der Waals surface area contributed by atoms with Crippen molar-refractivity contribution in [2.24, 2.45) is 0 Å². The minimum absolute atomic E-state index is 0.00853. The molecule has 20 heavy (non-hydrogen) atoms. The Bertz CT molecular complexity index is 501. The summed E-state index contributed by atoms with van der Waals surface area (Å²) in [4.78, 5) is 28.0. The summed E-state index contributed by atoms with van der Waals surface area (Å²) in [5.74, 6) is -0.0443. The van der Waals surface area contributed by atoms with E-state index in [2.05, 4.69) is 10.3 Å². The van der Waals surface area contributed by atoms with Gasteiger partial charge in [0.25, 0.3) is 0 Å². The van der Waals surface area contributed by atoms with Crippen molar-refractivity contribution in [2.75, 3.05) is 6.54 Å². The smallest absolute Gasteiger partial charge is 0.326 e. The van der Waals surface area contributed by atoms with E-state index in [-0.39, 0.29) is 19.5 Å². The molecule has 0 spiro atoms. The van der Waals surface area contributed by atoms with E-state index in [1.54, 1.807) is 6.20 Å². The molecule has 3 N–H and O–H groups in total. The minimum Gasteiger partial charge on any atom is -0.480 e. The summed E-state index contributed by atoms with van der Waals surface area (Å²) in [6, 6.07) is -1.55. The van der Waals surface area contributed by atoms with Crippen LogP contribution in [0.3, 0.4) is 0 Å². The van der Waals surface area contributed by atoms with Gasteiger partial charge in [0.15, 0.2) is 0 Å². The Balaban J connectivity index is 1.92. The van der Waals surface area contributed by atoms with Crippen LogP contribution in [-0.4, -0.2) is 50.8 Å². The molecule has 2 atom stereocenters. The van der Waals surface area contributed by atoms with Gasteiger partial charge < -0.3 is 24.8 Å². The zero-order valence-corrected chi connectivity index (χ0v) is 11.1. The molecule has 1 aromatic heterocycles. The van der Waals surface area contributed by atoms with Gasteiger partial charge in [-0.2, -0.15) is 0 Å². The van der Waals surface area contributed by atoms with Crippen molar-refractivity contribution in [1.82, 2.24) is 15.2 Å². The average molecular weight is 283 g/mol. The lowest BCUT2D eigenvalue weighted by Gasteiger charge is -2.21. The number of β-amino-alcohol motifs (C(OH)–C–C–N with tert-alkyl or cyclic N) is 1. The molecule has 0 bridgehead atoms. The predicted molar refractivity (Wildman–Crippen MR) is 66.9 cm³/mol. The fraction of sp³-hybridized carbons (Fsp3) is 0.583. The van der Waals surface area contributed by atoms with Gasteiger partial charge in [0.1, 0.15) is 11.8 Å². The lowest BCUT2D eigenvalue weighted by atomic mass is 10.2. The van der Waals surface area contributed by atoms with E-state index in [9.17, 15) is 14.7 Å². The van der Waals surface area contributed by atoms with Crippen LogP contribution in [0, 0.1) is 0 Å². The van der Waals surface area contributed by atoms with E-state index in [1.165, 1.54) is 0 Å². The number of carbonyl (C=O) groups excluding carboxylic acids is 1. The van der Waals surface area contributed by atoms with E-state index >= 15 is 0 Å². The number of carboxylic acid groups (broad SMARTS) is 1. The van der Waals surface area contributed by atoms with Crippen molar-refractivity contribution >= 4 is 12.0 Å². The summed E-state index contributed by atoms with van der Waals surface area (Å²) in [5.41, 5.74) is 0. The molecule has 2 amide bonds. The number of oxazole rings is 1. The minimum atomic E-state index is -1.12. The number of aliphatic hydroxyl groups is 1. The van der Waals surface area contributed by atoms with Gasteiger partial charge in [0.2, 0.25) is 5.89 Å². The van der Waals surface area contributed by atoms with Gasteiger partial charge in [-0.3, -0.25) is 0 Å². The zero-order valence-electron chi connectivity index (χ0n) is 11.1. The summed E-state index contributed by atoms with van der Waals surface area (Å²) in [6.07, 6.45) is 1.53. The molecule has 0 aliphatic carbocycles. The molecule has 8 nitrogen and oxygen atoms in total. The molecule has 1 aromatic rings. The Labute approximate surface area is 115 Å². The molecule has 8 heteroatoms. The second-order valence-corrected chi connectivity index (χ2v) is 4.63. The van der Waals surface area contributed by atoms with E-state index in [4.69, 9.17) is 9.52 Å². The van der Waals surface area contributed by atoms with Crippen LogP contribution < -0.4 is 5.32 Å². The van der Waals surface area contributed by atoms with Crippen LogP contribution in [0.5, 0.6) is 0 Å². The lowest BCUT2D eigenvalue weighted by molar-refractivity contribution is -0.141. The number of aliphatic carboxylic acids is 1. The largest absolute Gasteiger partial charge is 0.480 e. The van der Waals surface area contributed by atoms with E-state index < -0.39 is 24.1 Å². The van der Waals surface area contributed by atoms with Crippen LogP contribution in [0.1, 0.15) is 25.0 Å². The van der Waals surface area contributed by atoms with Gasteiger partial charge in [-0.25, -0.2) is 14.6 Å². The zero-order chi connectivity index (χ0) is 14.7. The summed E-state index contributed by atoms with van der Waals surface area (Å²) in [6.45, 7) is 2.01. The van der Waals surface area contributed by atoms with Gasteiger partial charge in [-0.15, -0.1) is 0 Å². The number of hydrogen-bond donors (Lipinski definition) is 3. The Morgan fingerprint density at radius 2 is 2.35 bits per heavy atom. The van der Waals surface area contributed by atoms with Crippen LogP contribution in [0.4, 0.5) is 4.79 Å². The van der Waals surface area contributed by atoms with Crippen molar-refractivity contribution < 1.29 is 24.2 Å². The predicted octanol–water partition coefficient (Wildman–Crippen LogP) is -0.0336. The van der Waals surface area contributed by atoms with Crippen molar-refractivity contribution in [3.05, 3.63) is 17.8 Å². The second kappa shape index (κ2) is 5.91. The Kier molecular flexibility index (Phi) is 4.23. The van der Waals surface area contributed by atoms with Crippen LogP contribution in [0.25, 0.3) is 0 Å². The number of aryl methyl sites for hydroxylation is 1. The Hall–Kier alpha value is -2.09. The number of aromatic nitrogens is 1. The first kappa shape index (κ1) is 14.3. The van der Waals surface area contributed by atoms with E-state index in [0.717, 1.165) is 4.90 Å². The molecule has 0 radical (unpaired) electrons. The summed E-state index contributed by atoms with van der Waals surface area (Å²) in [7, 11) is 0. The van der Waals surface area contributed by atoms with Crippen LogP contribution in [0.2, 0.25) is 0 Å². The standard InChI is InChI=1S/C12H17N3O5/c1-2-8-4-13-10(20-8)5-14-12(19)15-6-7(16)3-9(15)11(17)18/h4,7,9,16H,2-3,5-6H2,1H3,(H,14,19)(H,17,18)/t7-,9-/m1/s1. The number of urea groups is 1. The number of rotatable bonds is 4. The first-order valence-corrected chi connectivity index (χ1v) is 6.40. The maximum atomic E-state index is 11.9. The van der Waals surface area contributed by atoms with Gasteiger partial charge in [0, 0.05) is 19.4 Å². The van der Waals surface area contributed by atoms with Crippen molar-refractivity contribution in [3.8, 4) is 0 Å². The van der Waals surface area contributed by atoms with Crippen LogP contribution in [0.15, 0.2) is 10.6 Å². The fourth-order valence-electron chi connectivity index (χ4n) is 2.12. The normalized spacial score (nSPS) is 22.0. The Morgan fingerprint density at radius 1 is 1.60 bits per heavy atom. The Morgan fingerprint density at radius 3 is 2.95 bits per heavy atom. The quantitative estimate of drug-likeness (QED) is 0.714. The maximum absolute atomic E-state index is 11.9. The first-order valence-electron chi connectivity index (χ1n) is 6.40. The molecule has 1 aliphatic rings. The number of aliphatic hydroxyl groups excluding tert-OH is 1. The van der Waals surface area contributed by atoms with Gasteiger partial charge >= 0.3 is 12.0 Å². The highest BCUT2D eigenvalue weighted by atomic mass is 16.4. The summed E-state index contributed by atoms with van der Waals surface area (Å²) >= 11 is 0. The van der Waals surface area contributed by atoms with Crippen molar-refractivity contribution in [2.45, 2.75) is 38.5 Å². The number of carboxylic acids is 1. The monoisotopic (exact) mass is 283 g/mol. The molecule has 2 heterocycles. The molecule has 110 valence electrons. The van der Waals surface area contributed by atoms with Gasteiger partial charge in [0.05, 0.1) is 18.8 Å². The molecule has 2 rings (SSSR count). The molecule has 0 unspecified atom stereocenters. The highest BCUT2D eigenvalue weighted by Gasteiger charge is 2.38. The van der Waals surface area contributed by atoms with Crippen molar-refractivity contribution in [1.29, 1.82) is 0 Å². The first-order chi connectivity index (χ1) is 9.51. The molecule has 0 aromatic carbocycles. The fourth-order valence-corrected chi connectivity index (χ4v) is 2.12. The summed E-state index contributed by atoms with van der Waals surface area (Å²) in [5, 5.41) is 21.0. The number of nitrogens with one attached hydrogen (secondary N) is 1. The van der Waals surface area contributed by atoms with Gasteiger partial charge in [-0.1, -0.05) is 6.92 Å². The van der Waals surface area contributed by atoms with Crippen molar-refractivity contribution in [3.63, 3.8) is 0 Å². The molecule has 0 saturated carbocycles. The number of carbonyl (C=O) groups is 2. The highest BCUT2D eigenvalue weighted by molar-refractivity contribution is 5.83. The molecule has 1 fully saturated rings. The number of nitrogens with zero attached hydrogens (tertiary/aromatic N) is 2. The van der Waals surface area contributed by atoms with Gasteiger partial charge in [-0.05, 0) is 0 Å². The number of likely N-dealkylation sites (tertiary alicyclic amines) is 1. The second-order valence-electron chi connectivity index (χ2n) is 4.63. The van der Waals surface area contributed by atoms with Crippen LogP contribution in [-0.2, 0) is 17.8 Å². The molecule has 1 aliphatic heterocycles. The summed E-state index contributed by atoms with van der Waals surface area (Å²) < 4.78 is 5.33. The third-order valence-electron chi connectivity index (χ3n) is 3.17. The van der Waals surface area contributed by atoms with E-state index in [1.807, 2.05) is 6.92 Å². The van der Waals surface area contributed by atoms with E-state index in [0.29, 0.717) is 18.1 Å². The van der Waals surface area contributed by atoms with Crippen LogP contribution >= 0.6 is 0 Å². The number of amides is 2. The average Bonchev–Trinajstić information content (AvgIpc) is 3.02. The topological polar surface area (TPSA) is 116 Å². The lowest BCUT2D eigenvalue weighted by Crippen LogP contribution is -2.46. The SMILES string of the molecule is CCc1cnc(CNC(=O)N2C[C@H](O)C[C@@H]2C(=O)O)o1. The molecular weight excluding hydrogens is 266 g/mol. The third-order valence-corrected chi connectivity index (χ3v) is 3.17. The molecular formula is C12H17N3O5. The maximum Gasteiger partial charge on any atom is 0.326 e. The molecule has 1 saturated heterocycles. The highest BCUT2D eigenvalue weighted by Crippen LogP contribution is 2.18.